The van der Waals surface area contributed by atoms with Crippen molar-refractivity contribution < 1.29 is 9.53 Å². The molecule has 0 radical (unpaired) electrons. The van der Waals surface area contributed by atoms with Crippen LogP contribution >= 0.6 is 0 Å². The number of aromatic nitrogens is 2. The van der Waals surface area contributed by atoms with Crippen LogP contribution in [0.3, 0.4) is 0 Å². The van der Waals surface area contributed by atoms with Crippen molar-refractivity contribution in [3.8, 4) is 0 Å². The maximum atomic E-state index is 11.9. The van der Waals surface area contributed by atoms with E-state index in [9.17, 15) is 9.59 Å². The van der Waals surface area contributed by atoms with Gasteiger partial charge in [0.1, 0.15) is 5.69 Å². The van der Waals surface area contributed by atoms with Crippen LogP contribution < -0.4 is 11.4 Å². The molecule has 1 saturated heterocycles. The van der Waals surface area contributed by atoms with Crippen LogP contribution in [-0.4, -0.2) is 53.1 Å². The van der Waals surface area contributed by atoms with Crippen molar-refractivity contribution in [2.75, 3.05) is 26.2 Å². The topological polar surface area (TPSA) is 104 Å². The molecule has 4 N–H and O–H groups in total. The van der Waals surface area contributed by atoms with E-state index in [1.54, 1.807) is 4.90 Å². The van der Waals surface area contributed by atoms with Crippen LogP contribution in [-0.2, 0) is 4.74 Å². The molecule has 1 atom stereocenters. The maximum absolute atomic E-state index is 11.9. The molecule has 0 aromatic carbocycles. The van der Waals surface area contributed by atoms with Crippen molar-refractivity contribution in [1.29, 1.82) is 0 Å². The highest BCUT2D eigenvalue weighted by Gasteiger charge is 2.24. The molecule has 0 aliphatic carbocycles. The first-order valence-electron chi connectivity index (χ1n) is 5.09. The van der Waals surface area contributed by atoms with Gasteiger partial charge >= 0.3 is 5.69 Å². The number of imidazole rings is 1. The molecule has 0 saturated carbocycles. The second-order valence-corrected chi connectivity index (χ2v) is 3.64. The monoisotopic (exact) mass is 226 g/mol. The molecule has 16 heavy (non-hydrogen) atoms. The van der Waals surface area contributed by atoms with Gasteiger partial charge < -0.3 is 25.3 Å². The van der Waals surface area contributed by atoms with E-state index < -0.39 is 0 Å². The van der Waals surface area contributed by atoms with Crippen molar-refractivity contribution in [1.82, 2.24) is 14.9 Å². The quantitative estimate of drug-likeness (QED) is 0.571. The lowest BCUT2D eigenvalue weighted by atomic mass is 10.2. The fraction of sp³-hybridized carbons (Fsp3) is 0.556. The molecule has 7 heteroatoms. The van der Waals surface area contributed by atoms with Gasteiger partial charge in [-0.25, -0.2) is 4.79 Å². The predicted molar refractivity (Wildman–Crippen MR) is 56.1 cm³/mol. The summed E-state index contributed by atoms with van der Waals surface area (Å²) in [5.41, 5.74) is 5.37. The second-order valence-electron chi connectivity index (χ2n) is 3.64. The van der Waals surface area contributed by atoms with Crippen LogP contribution in [0.15, 0.2) is 11.0 Å². The van der Waals surface area contributed by atoms with E-state index >= 15 is 0 Å². The minimum absolute atomic E-state index is 0.122. The number of rotatable bonds is 2. The summed E-state index contributed by atoms with van der Waals surface area (Å²) in [5.74, 6) is -0.208. The Labute approximate surface area is 91.6 Å². The lowest BCUT2D eigenvalue weighted by molar-refractivity contribution is -0.0169. The average Bonchev–Trinajstić information content (AvgIpc) is 2.75. The number of hydrogen-bond acceptors (Lipinski definition) is 4. The number of H-pyrrole nitrogens is 2. The zero-order chi connectivity index (χ0) is 11.5. The highest BCUT2D eigenvalue weighted by molar-refractivity contribution is 5.92. The number of aromatic amines is 2. The molecule has 0 spiro atoms. The molecule has 1 amide bonds. The Morgan fingerprint density at radius 1 is 1.69 bits per heavy atom. The zero-order valence-corrected chi connectivity index (χ0v) is 8.73. The van der Waals surface area contributed by atoms with Crippen molar-refractivity contribution in [2.45, 2.75) is 6.10 Å². The van der Waals surface area contributed by atoms with Crippen molar-refractivity contribution in [2.24, 2.45) is 5.73 Å². The molecule has 2 rings (SSSR count). The van der Waals surface area contributed by atoms with Gasteiger partial charge in [0.15, 0.2) is 0 Å². The zero-order valence-electron chi connectivity index (χ0n) is 8.73. The Hall–Kier alpha value is -1.60. The van der Waals surface area contributed by atoms with Crippen LogP contribution in [0.4, 0.5) is 0 Å². The lowest BCUT2D eigenvalue weighted by Gasteiger charge is -2.31. The smallest absolute Gasteiger partial charge is 0.323 e. The fourth-order valence-corrected chi connectivity index (χ4v) is 1.66. The normalized spacial score (nSPS) is 21.1. The van der Waals surface area contributed by atoms with Crippen LogP contribution in [0.1, 0.15) is 10.5 Å². The van der Waals surface area contributed by atoms with E-state index in [-0.39, 0.29) is 23.4 Å². The molecule has 2 heterocycles. The summed E-state index contributed by atoms with van der Waals surface area (Å²) in [6.07, 6.45) is 1.25. The van der Waals surface area contributed by atoms with Gasteiger partial charge in [-0.15, -0.1) is 0 Å². The number of carbonyl (C=O) groups is 1. The summed E-state index contributed by atoms with van der Waals surface area (Å²) < 4.78 is 5.35. The summed E-state index contributed by atoms with van der Waals surface area (Å²) >= 11 is 0. The molecule has 1 aliphatic rings. The molecular weight excluding hydrogens is 212 g/mol. The summed E-state index contributed by atoms with van der Waals surface area (Å²) in [5, 5.41) is 0. The van der Waals surface area contributed by atoms with Gasteiger partial charge in [0.25, 0.3) is 5.91 Å². The molecule has 1 aliphatic heterocycles. The van der Waals surface area contributed by atoms with Gasteiger partial charge in [-0.2, -0.15) is 0 Å². The van der Waals surface area contributed by atoms with E-state index in [0.29, 0.717) is 26.2 Å². The van der Waals surface area contributed by atoms with Crippen molar-refractivity contribution >= 4 is 5.91 Å². The first-order chi connectivity index (χ1) is 7.70. The molecule has 7 nitrogen and oxygen atoms in total. The Morgan fingerprint density at radius 2 is 2.50 bits per heavy atom. The third-order valence-electron chi connectivity index (χ3n) is 2.52. The largest absolute Gasteiger partial charge is 0.373 e. The minimum atomic E-state index is -0.382. The van der Waals surface area contributed by atoms with Crippen LogP contribution in [0, 0.1) is 0 Å². The summed E-state index contributed by atoms with van der Waals surface area (Å²) in [6.45, 7) is 1.83. The fourth-order valence-electron chi connectivity index (χ4n) is 1.66. The summed E-state index contributed by atoms with van der Waals surface area (Å²) in [4.78, 5) is 29.2. The number of amides is 1. The van der Waals surface area contributed by atoms with Gasteiger partial charge in [0.05, 0.1) is 12.7 Å². The third-order valence-corrected chi connectivity index (χ3v) is 2.52. The highest BCUT2D eigenvalue weighted by atomic mass is 16.5. The van der Waals surface area contributed by atoms with Gasteiger partial charge in [-0.05, 0) is 0 Å². The number of ether oxygens (including phenoxy) is 1. The molecular formula is C9H14N4O3. The minimum Gasteiger partial charge on any atom is -0.373 e. The van der Waals surface area contributed by atoms with Gasteiger partial charge in [-0.1, -0.05) is 0 Å². The molecule has 88 valence electrons. The van der Waals surface area contributed by atoms with Crippen molar-refractivity contribution in [3.05, 3.63) is 22.4 Å². The Balaban J connectivity index is 2.07. The number of nitrogens with one attached hydrogen (secondary N) is 2. The summed E-state index contributed by atoms with van der Waals surface area (Å²) in [7, 11) is 0. The molecule has 1 unspecified atom stereocenters. The van der Waals surface area contributed by atoms with E-state index in [1.165, 1.54) is 6.20 Å². The Bertz CT molecular complexity index is 424. The predicted octanol–water partition coefficient (Wildman–Crippen LogP) is -1.50. The van der Waals surface area contributed by atoms with E-state index in [4.69, 9.17) is 10.5 Å². The van der Waals surface area contributed by atoms with Crippen LogP contribution in [0.2, 0.25) is 0 Å². The number of hydrogen-bond donors (Lipinski definition) is 3. The van der Waals surface area contributed by atoms with Crippen LogP contribution in [0.5, 0.6) is 0 Å². The highest BCUT2D eigenvalue weighted by Crippen LogP contribution is 2.07. The number of nitrogens with two attached hydrogens (primary N) is 1. The SMILES string of the molecule is NCC1CN(C(=O)c2c[nH]c(=O)[nH]2)CCO1. The summed E-state index contributed by atoms with van der Waals surface area (Å²) in [6, 6.07) is 0. The Morgan fingerprint density at radius 3 is 3.12 bits per heavy atom. The Kier molecular flexibility index (Phi) is 3.07. The number of nitrogens with zero attached hydrogens (tertiary/aromatic N) is 1. The maximum Gasteiger partial charge on any atom is 0.323 e. The van der Waals surface area contributed by atoms with Crippen molar-refractivity contribution in [3.63, 3.8) is 0 Å². The number of morpholine rings is 1. The first kappa shape index (κ1) is 10.9. The average molecular weight is 226 g/mol. The molecule has 1 aromatic rings. The molecule has 1 aromatic heterocycles. The third kappa shape index (κ3) is 2.15. The molecule has 0 bridgehead atoms. The number of carbonyl (C=O) groups excluding carboxylic acids is 1. The first-order valence-corrected chi connectivity index (χ1v) is 5.09. The van der Waals surface area contributed by atoms with E-state index in [1.807, 2.05) is 0 Å². The second kappa shape index (κ2) is 4.50. The molecule has 1 fully saturated rings. The van der Waals surface area contributed by atoms with E-state index in [2.05, 4.69) is 9.97 Å². The van der Waals surface area contributed by atoms with Gasteiger partial charge in [0.2, 0.25) is 0 Å². The lowest BCUT2D eigenvalue weighted by Crippen LogP contribution is -2.48. The van der Waals surface area contributed by atoms with Crippen LogP contribution in [0.25, 0.3) is 0 Å². The van der Waals surface area contributed by atoms with Gasteiger partial charge in [-0.3, -0.25) is 4.79 Å². The standard InChI is InChI=1S/C9H14N4O3/c10-3-6-5-13(1-2-16-6)8(14)7-4-11-9(15)12-7/h4,6H,1-3,5,10H2,(H2,11,12,15). The van der Waals surface area contributed by atoms with E-state index in [0.717, 1.165) is 0 Å². The van der Waals surface area contributed by atoms with Gasteiger partial charge in [0, 0.05) is 25.8 Å².